The number of aliphatic hydroxyl groups is 2. The van der Waals surface area contributed by atoms with Crippen LogP contribution in [0.1, 0.15) is 239 Å². The fraction of sp³-hybridized carbons (Fsp3) is 0.818. The molecule has 1 rings (SSSR count). The van der Waals surface area contributed by atoms with E-state index in [1.165, 1.54) is 83.5 Å². The van der Waals surface area contributed by atoms with Crippen molar-refractivity contribution in [1.82, 2.24) is 0 Å². The average Bonchev–Trinajstić information content (AvgIpc) is 3.31. The van der Waals surface area contributed by atoms with Crippen LogP contribution in [-0.4, -0.2) is 89.2 Å². The lowest BCUT2D eigenvalue weighted by molar-refractivity contribution is -0.301. The average molecular weight is 949 g/mol. The standard InChI is InChI=1S/C55H96O12/c1-4-7-10-13-16-19-22-23-24-25-28-29-32-35-38-41-47(56)63-44-46(65-48(57)42-39-36-33-30-26-20-17-14-11-8-5-2)45-64-55-53(51(60)50(59)52(67-55)54(61)62)66-49(58)43-40-37-34-31-27-21-18-15-12-9-6-3/h7,10,16,19,23-24,46,50-53,55,59-60H,4-6,8-9,11-15,17-18,20-22,25-45H2,1-3H3,(H,61,62)/b10-7-,19-16-,24-23-. The van der Waals surface area contributed by atoms with Gasteiger partial charge in [-0.15, -0.1) is 0 Å². The number of rotatable bonds is 45. The number of esters is 3. The van der Waals surface area contributed by atoms with Crippen LogP contribution in [0, 0.1) is 0 Å². The second-order valence-corrected chi connectivity index (χ2v) is 18.5. The highest BCUT2D eigenvalue weighted by molar-refractivity contribution is 5.74. The van der Waals surface area contributed by atoms with Crippen molar-refractivity contribution in [3.05, 3.63) is 36.5 Å². The molecule has 6 unspecified atom stereocenters. The fourth-order valence-electron chi connectivity index (χ4n) is 8.09. The Bertz CT molecular complexity index is 1310. The zero-order chi connectivity index (χ0) is 49.0. The molecule has 0 amide bonds. The van der Waals surface area contributed by atoms with Gasteiger partial charge in [0.2, 0.25) is 0 Å². The molecule has 388 valence electrons. The van der Waals surface area contributed by atoms with E-state index in [4.69, 9.17) is 23.7 Å². The third kappa shape index (κ3) is 34.8. The maximum absolute atomic E-state index is 13.1. The van der Waals surface area contributed by atoms with E-state index >= 15 is 0 Å². The van der Waals surface area contributed by atoms with Gasteiger partial charge in [0.05, 0.1) is 6.61 Å². The first kappa shape index (κ1) is 62.0. The Labute approximate surface area is 406 Å². The monoisotopic (exact) mass is 949 g/mol. The Balaban J connectivity index is 2.72. The van der Waals surface area contributed by atoms with Crippen molar-refractivity contribution in [1.29, 1.82) is 0 Å². The van der Waals surface area contributed by atoms with Gasteiger partial charge in [-0.1, -0.05) is 205 Å². The molecule has 1 aliphatic rings. The van der Waals surface area contributed by atoms with Gasteiger partial charge >= 0.3 is 23.9 Å². The number of hydrogen-bond donors (Lipinski definition) is 3. The Morgan fingerprint density at radius 3 is 1.43 bits per heavy atom. The molecule has 0 aliphatic carbocycles. The molecule has 0 aromatic carbocycles. The summed E-state index contributed by atoms with van der Waals surface area (Å²) in [5.74, 6) is -3.12. The molecule has 0 aromatic heterocycles. The molecule has 1 heterocycles. The Kier molecular flexibility index (Phi) is 40.8. The Morgan fingerprint density at radius 1 is 0.507 bits per heavy atom. The van der Waals surface area contributed by atoms with Gasteiger partial charge < -0.3 is 39.0 Å². The number of hydrogen-bond acceptors (Lipinski definition) is 11. The lowest BCUT2D eigenvalue weighted by atomic mass is 9.98. The molecule has 12 nitrogen and oxygen atoms in total. The smallest absolute Gasteiger partial charge is 0.335 e. The topological polar surface area (TPSA) is 175 Å². The molecule has 12 heteroatoms. The van der Waals surface area contributed by atoms with Crippen molar-refractivity contribution in [2.24, 2.45) is 0 Å². The van der Waals surface area contributed by atoms with E-state index in [0.717, 1.165) is 96.3 Å². The molecule has 0 radical (unpaired) electrons. The first-order chi connectivity index (χ1) is 32.6. The molecular weight excluding hydrogens is 853 g/mol. The lowest BCUT2D eigenvalue weighted by Crippen LogP contribution is -2.61. The molecule has 0 spiro atoms. The van der Waals surface area contributed by atoms with Crippen LogP contribution >= 0.6 is 0 Å². The number of ether oxygens (including phenoxy) is 5. The van der Waals surface area contributed by atoms with Crippen LogP contribution in [0.15, 0.2) is 36.5 Å². The predicted molar refractivity (Wildman–Crippen MR) is 266 cm³/mol. The van der Waals surface area contributed by atoms with Crippen LogP contribution in [0.25, 0.3) is 0 Å². The van der Waals surface area contributed by atoms with E-state index in [1.54, 1.807) is 0 Å². The number of aliphatic hydroxyl groups excluding tert-OH is 2. The van der Waals surface area contributed by atoms with Crippen LogP contribution < -0.4 is 0 Å². The van der Waals surface area contributed by atoms with Gasteiger partial charge in [-0.05, 0) is 51.4 Å². The molecule has 1 aliphatic heterocycles. The van der Waals surface area contributed by atoms with Crippen molar-refractivity contribution >= 4 is 23.9 Å². The molecule has 6 atom stereocenters. The normalized spacial score (nSPS) is 19.1. The third-order valence-electron chi connectivity index (χ3n) is 12.2. The van der Waals surface area contributed by atoms with E-state index in [-0.39, 0.29) is 25.9 Å². The van der Waals surface area contributed by atoms with Crippen molar-refractivity contribution in [3.63, 3.8) is 0 Å². The SMILES string of the molecule is CC/C=C\C/C=C\C/C=C\CCCCCCCC(=O)OCC(COC1OC(C(=O)O)C(O)C(O)C1OC(=O)CCCCCCCCCCCCC)OC(=O)CCCCCCCCCCCCC. The van der Waals surface area contributed by atoms with Gasteiger partial charge in [0, 0.05) is 19.3 Å². The number of allylic oxidation sites excluding steroid dienone is 6. The zero-order valence-corrected chi connectivity index (χ0v) is 42.4. The number of carbonyl (C=O) groups is 4. The molecule has 3 N–H and O–H groups in total. The minimum absolute atomic E-state index is 0.0633. The summed E-state index contributed by atoms with van der Waals surface area (Å²) in [7, 11) is 0. The predicted octanol–water partition coefficient (Wildman–Crippen LogP) is 12.9. The second-order valence-electron chi connectivity index (χ2n) is 18.5. The highest BCUT2D eigenvalue weighted by Gasteiger charge is 2.50. The largest absolute Gasteiger partial charge is 0.479 e. The minimum atomic E-state index is -1.90. The maximum atomic E-state index is 13.1. The van der Waals surface area contributed by atoms with Gasteiger partial charge in [0.15, 0.2) is 24.6 Å². The summed E-state index contributed by atoms with van der Waals surface area (Å²) in [6, 6.07) is 0. The first-order valence-corrected chi connectivity index (χ1v) is 27.0. The summed E-state index contributed by atoms with van der Waals surface area (Å²) in [4.78, 5) is 50.8. The summed E-state index contributed by atoms with van der Waals surface area (Å²) in [6.07, 6.45) is 37.0. The van der Waals surface area contributed by atoms with E-state index in [2.05, 4.69) is 57.2 Å². The van der Waals surface area contributed by atoms with Gasteiger partial charge in [0.1, 0.15) is 18.8 Å². The summed E-state index contributed by atoms with van der Waals surface area (Å²) in [5.41, 5.74) is 0. The molecule has 1 saturated heterocycles. The molecule has 0 saturated carbocycles. The third-order valence-corrected chi connectivity index (χ3v) is 12.2. The molecule has 1 fully saturated rings. The van der Waals surface area contributed by atoms with Crippen LogP contribution in [0.2, 0.25) is 0 Å². The van der Waals surface area contributed by atoms with Gasteiger partial charge in [0.25, 0.3) is 0 Å². The summed E-state index contributed by atoms with van der Waals surface area (Å²) < 4.78 is 28.3. The Hall–Kier alpha value is -3.06. The van der Waals surface area contributed by atoms with Crippen molar-refractivity contribution in [3.8, 4) is 0 Å². The number of carboxylic acids is 1. The zero-order valence-electron chi connectivity index (χ0n) is 42.4. The highest BCUT2D eigenvalue weighted by atomic mass is 16.7. The number of unbranched alkanes of at least 4 members (excludes halogenated alkanes) is 25. The molecule has 0 aromatic rings. The van der Waals surface area contributed by atoms with Crippen LogP contribution in [0.3, 0.4) is 0 Å². The summed E-state index contributed by atoms with van der Waals surface area (Å²) in [5, 5.41) is 31.3. The molecular formula is C55H96O12. The summed E-state index contributed by atoms with van der Waals surface area (Å²) >= 11 is 0. The second kappa shape index (κ2) is 44.2. The number of aliphatic carboxylic acids is 1. The quantitative estimate of drug-likeness (QED) is 0.0228. The highest BCUT2D eigenvalue weighted by Crippen LogP contribution is 2.26. The van der Waals surface area contributed by atoms with Crippen molar-refractivity contribution in [2.45, 2.75) is 276 Å². The first-order valence-electron chi connectivity index (χ1n) is 27.0. The lowest BCUT2D eigenvalue weighted by Gasteiger charge is -2.40. The summed E-state index contributed by atoms with van der Waals surface area (Å²) in [6.45, 7) is 5.83. The van der Waals surface area contributed by atoms with Crippen LogP contribution in [-0.2, 0) is 42.9 Å². The number of carboxylic acid groups (broad SMARTS) is 1. The van der Waals surface area contributed by atoms with E-state index in [9.17, 15) is 34.5 Å². The maximum Gasteiger partial charge on any atom is 0.335 e. The van der Waals surface area contributed by atoms with Gasteiger partial charge in [-0.2, -0.15) is 0 Å². The fourth-order valence-corrected chi connectivity index (χ4v) is 8.09. The van der Waals surface area contributed by atoms with Crippen molar-refractivity contribution < 1.29 is 58.2 Å². The van der Waals surface area contributed by atoms with Crippen molar-refractivity contribution in [2.75, 3.05) is 13.2 Å². The Morgan fingerprint density at radius 2 is 0.940 bits per heavy atom. The molecule has 0 bridgehead atoms. The van der Waals surface area contributed by atoms with Crippen LogP contribution in [0.5, 0.6) is 0 Å². The minimum Gasteiger partial charge on any atom is -0.479 e. The number of carbonyl (C=O) groups excluding carboxylic acids is 3. The van der Waals surface area contributed by atoms with E-state index < -0.39 is 67.3 Å². The van der Waals surface area contributed by atoms with Crippen LogP contribution in [0.4, 0.5) is 0 Å². The van der Waals surface area contributed by atoms with E-state index in [1.807, 2.05) is 0 Å². The van der Waals surface area contributed by atoms with E-state index in [0.29, 0.717) is 19.3 Å². The molecule has 67 heavy (non-hydrogen) atoms. The van der Waals surface area contributed by atoms with Gasteiger partial charge in [-0.25, -0.2) is 4.79 Å². The van der Waals surface area contributed by atoms with Gasteiger partial charge in [-0.3, -0.25) is 14.4 Å².